The van der Waals surface area contributed by atoms with Gasteiger partial charge in [0.2, 0.25) is 5.91 Å². The van der Waals surface area contributed by atoms with E-state index >= 15 is 0 Å². The lowest BCUT2D eigenvalue weighted by Gasteiger charge is -2.12. The molecule has 0 atom stereocenters. The van der Waals surface area contributed by atoms with E-state index < -0.39 is 0 Å². The quantitative estimate of drug-likeness (QED) is 0.709. The number of hydrogen-bond acceptors (Lipinski definition) is 3. The number of benzene rings is 2. The molecule has 0 fully saturated rings. The minimum absolute atomic E-state index is 0.294. The normalized spacial score (nSPS) is 11.2. The van der Waals surface area contributed by atoms with E-state index in [1.165, 1.54) is 10.6 Å². The molecule has 0 bridgehead atoms. The zero-order valence-electron chi connectivity index (χ0n) is 15.3. The molecule has 3 rings (SSSR count). The Morgan fingerprint density at radius 3 is 2.37 bits per heavy atom. The van der Waals surface area contributed by atoms with Crippen LogP contribution in [-0.2, 0) is 17.9 Å². The average molecular weight is 363 g/mol. The third-order valence-corrected chi connectivity index (χ3v) is 4.35. The first kappa shape index (κ1) is 18.4. The fourth-order valence-corrected chi connectivity index (χ4v) is 3.01. The molecule has 0 spiro atoms. The molecule has 0 aliphatic heterocycles. The van der Waals surface area contributed by atoms with Crippen molar-refractivity contribution in [1.82, 2.24) is 9.13 Å². The monoisotopic (exact) mass is 363 g/mol. The second-order valence-electron chi connectivity index (χ2n) is 6.04. The number of nitrogens with zero attached hydrogens (tertiary/aromatic N) is 2. The van der Waals surface area contributed by atoms with Crippen LogP contribution in [0.2, 0.25) is 0 Å². The number of nitrogens with one attached hydrogen (secondary N) is 1. The Morgan fingerprint density at radius 1 is 1.00 bits per heavy atom. The fraction of sp³-hybridized carbons (Fsp3) is 0.190. The van der Waals surface area contributed by atoms with Gasteiger partial charge in [0.15, 0.2) is 0 Å². The maximum atomic E-state index is 12.6. The molecule has 0 unspecified atom stereocenters. The first-order valence-electron chi connectivity index (χ1n) is 8.86. The van der Waals surface area contributed by atoms with Gasteiger partial charge in [-0.05, 0) is 43.7 Å². The first-order valence-corrected chi connectivity index (χ1v) is 8.86. The zero-order valence-corrected chi connectivity index (χ0v) is 15.3. The van der Waals surface area contributed by atoms with Crippen LogP contribution < -0.4 is 16.6 Å². The molecule has 1 aromatic heterocycles. The second kappa shape index (κ2) is 7.86. The maximum Gasteiger partial charge on any atom is 0.331 e. The molecule has 0 aliphatic carbocycles. The van der Waals surface area contributed by atoms with E-state index in [2.05, 4.69) is 5.32 Å². The van der Waals surface area contributed by atoms with E-state index in [1.54, 1.807) is 35.8 Å². The maximum absolute atomic E-state index is 12.6. The predicted molar refractivity (Wildman–Crippen MR) is 108 cm³/mol. The summed E-state index contributed by atoms with van der Waals surface area (Å²) in [5, 5.41) is 3.17. The summed E-state index contributed by atoms with van der Waals surface area (Å²) in [6.07, 6.45) is 3.16. The van der Waals surface area contributed by atoms with Crippen molar-refractivity contribution < 1.29 is 4.79 Å². The lowest BCUT2D eigenvalue weighted by Crippen LogP contribution is -2.39. The zero-order chi connectivity index (χ0) is 19.4. The van der Waals surface area contributed by atoms with Crippen LogP contribution in [-0.4, -0.2) is 15.0 Å². The van der Waals surface area contributed by atoms with E-state index in [-0.39, 0.29) is 17.2 Å². The highest BCUT2D eigenvalue weighted by molar-refractivity contribution is 6.02. The summed E-state index contributed by atoms with van der Waals surface area (Å²) in [5.41, 5.74) is 1.32. The summed E-state index contributed by atoms with van der Waals surface area (Å²) in [4.78, 5) is 37.2. The van der Waals surface area contributed by atoms with Crippen LogP contribution >= 0.6 is 0 Å². The van der Waals surface area contributed by atoms with Crippen molar-refractivity contribution in [3.63, 3.8) is 0 Å². The van der Waals surface area contributed by atoms with Gasteiger partial charge in [0.05, 0.1) is 10.9 Å². The molecule has 6 heteroatoms. The number of carbonyl (C=O) groups is 1. The van der Waals surface area contributed by atoms with Crippen LogP contribution in [0.4, 0.5) is 5.69 Å². The van der Waals surface area contributed by atoms with Crippen LogP contribution in [0.15, 0.2) is 64.2 Å². The number of rotatable bonds is 5. The average Bonchev–Trinajstić information content (AvgIpc) is 2.68. The SMILES string of the molecule is CCn1c(=O)c2cc(NC(=O)/C=C/c3ccccc3)ccc2n(CC)c1=O. The molecule has 6 nitrogen and oxygen atoms in total. The highest BCUT2D eigenvalue weighted by Crippen LogP contribution is 2.16. The number of anilines is 1. The molecule has 3 aromatic rings. The molecule has 2 aromatic carbocycles. The Morgan fingerprint density at radius 2 is 1.70 bits per heavy atom. The van der Waals surface area contributed by atoms with Gasteiger partial charge in [-0.2, -0.15) is 0 Å². The highest BCUT2D eigenvalue weighted by atomic mass is 16.2. The van der Waals surface area contributed by atoms with Crippen molar-refractivity contribution in [3.05, 3.63) is 81.0 Å². The topological polar surface area (TPSA) is 73.1 Å². The van der Waals surface area contributed by atoms with Gasteiger partial charge in [0, 0.05) is 24.9 Å². The molecule has 1 amide bonds. The summed E-state index contributed by atoms with van der Waals surface area (Å²) in [5.74, 6) is -0.294. The number of aryl methyl sites for hydroxylation is 1. The van der Waals surface area contributed by atoms with Gasteiger partial charge in [0.1, 0.15) is 0 Å². The van der Waals surface area contributed by atoms with Crippen molar-refractivity contribution in [1.29, 1.82) is 0 Å². The lowest BCUT2D eigenvalue weighted by atomic mass is 10.2. The van der Waals surface area contributed by atoms with Crippen LogP contribution in [0.3, 0.4) is 0 Å². The van der Waals surface area contributed by atoms with Gasteiger partial charge in [-0.1, -0.05) is 30.3 Å². The van der Waals surface area contributed by atoms with Gasteiger partial charge in [-0.25, -0.2) is 4.79 Å². The molecule has 1 heterocycles. The van der Waals surface area contributed by atoms with Crippen molar-refractivity contribution in [2.24, 2.45) is 0 Å². The number of hydrogen-bond donors (Lipinski definition) is 1. The van der Waals surface area contributed by atoms with Gasteiger partial charge in [0.25, 0.3) is 5.56 Å². The Kier molecular flexibility index (Phi) is 5.35. The largest absolute Gasteiger partial charge is 0.331 e. The summed E-state index contributed by atoms with van der Waals surface area (Å²) >= 11 is 0. The third kappa shape index (κ3) is 3.74. The van der Waals surface area contributed by atoms with Crippen molar-refractivity contribution >= 4 is 28.6 Å². The van der Waals surface area contributed by atoms with E-state index in [0.29, 0.717) is 29.7 Å². The summed E-state index contributed by atoms with van der Waals surface area (Å²) < 4.78 is 2.76. The van der Waals surface area contributed by atoms with Crippen molar-refractivity contribution in [2.45, 2.75) is 26.9 Å². The summed E-state index contributed by atoms with van der Waals surface area (Å²) in [7, 11) is 0. The molecule has 27 heavy (non-hydrogen) atoms. The summed E-state index contributed by atoms with van der Waals surface area (Å²) in [6, 6.07) is 14.5. The molecular weight excluding hydrogens is 342 g/mol. The number of amides is 1. The van der Waals surface area contributed by atoms with Gasteiger partial charge >= 0.3 is 5.69 Å². The highest BCUT2D eigenvalue weighted by Gasteiger charge is 2.12. The minimum Gasteiger partial charge on any atom is -0.322 e. The smallest absolute Gasteiger partial charge is 0.322 e. The first-order chi connectivity index (χ1) is 13.0. The Labute approximate surface area is 156 Å². The van der Waals surface area contributed by atoms with Gasteiger partial charge in [-0.3, -0.25) is 18.7 Å². The van der Waals surface area contributed by atoms with Crippen molar-refractivity contribution in [3.8, 4) is 0 Å². The molecule has 0 saturated heterocycles. The summed E-state index contributed by atoms with van der Waals surface area (Å²) in [6.45, 7) is 4.37. The Hall–Kier alpha value is -3.41. The van der Waals surface area contributed by atoms with Crippen LogP contribution in [0, 0.1) is 0 Å². The lowest BCUT2D eigenvalue weighted by molar-refractivity contribution is -0.111. The predicted octanol–water partition coefficient (Wildman–Crippen LogP) is 2.85. The standard InChI is InChI=1S/C21H21N3O3/c1-3-23-18-12-11-16(14-17(18)20(26)24(4-2)21(23)27)22-19(25)13-10-15-8-6-5-7-9-15/h5-14H,3-4H2,1-2H3,(H,22,25)/b13-10+. The van der Waals surface area contributed by atoms with Crippen molar-refractivity contribution in [2.75, 3.05) is 5.32 Å². The molecule has 0 radical (unpaired) electrons. The minimum atomic E-state index is -0.349. The van der Waals surface area contributed by atoms with E-state index in [4.69, 9.17) is 0 Å². The molecule has 1 N–H and O–H groups in total. The van der Waals surface area contributed by atoms with E-state index in [9.17, 15) is 14.4 Å². The number of carbonyl (C=O) groups excluding carboxylic acids is 1. The Bertz CT molecular complexity index is 1130. The fourth-order valence-electron chi connectivity index (χ4n) is 3.01. The number of fused-ring (bicyclic) bond motifs is 1. The van der Waals surface area contributed by atoms with E-state index in [1.807, 2.05) is 37.3 Å². The molecule has 0 aliphatic rings. The van der Waals surface area contributed by atoms with Gasteiger partial charge < -0.3 is 5.32 Å². The Balaban J connectivity index is 1.95. The van der Waals surface area contributed by atoms with Crippen LogP contribution in [0.5, 0.6) is 0 Å². The van der Waals surface area contributed by atoms with Crippen LogP contribution in [0.1, 0.15) is 19.4 Å². The van der Waals surface area contributed by atoms with E-state index in [0.717, 1.165) is 5.56 Å². The molecular formula is C21H21N3O3. The van der Waals surface area contributed by atoms with Crippen LogP contribution in [0.25, 0.3) is 17.0 Å². The third-order valence-electron chi connectivity index (χ3n) is 4.35. The number of aromatic nitrogens is 2. The van der Waals surface area contributed by atoms with Gasteiger partial charge in [-0.15, -0.1) is 0 Å². The second-order valence-corrected chi connectivity index (χ2v) is 6.04. The molecule has 138 valence electrons. The molecule has 0 saturated carbocycles.